The molecule has 4 nitrogen and oxygen atoms in total. The van der Waals surface area contributed by atoms with Gasteiger partial charge in [-0.3, -0.25) is 0 Å². The van der Waals surface area contributed by atoms with Crippen LogP contribution in [-0.2, 0) is 4.57 Å². The Balaban J connectivity index is -0.0000000133. The maximum Gasteiger partial charge on any atom is 1.00 e. The molecule has 0 heterocycles. The third kappa shape index (κ3) is 92.1. The smallest absolute Gasteiger partial charge is 1.00 e. The van der Waals surface area contributed by atoms with Gasteiger partial charge in [-0.1, -0.05) is 0 Å². The van der Waals surface area contributed by atoms with Crippen molar-refractivity contribution in [3.63, 3.8) is 0 Å². The van der Waals surface area contributed by atoms with E-state index in [2.05, 4.69) is 0 Å². The predicted molar refractivity (Wildman–Crippen MR) is 35.3 cm³/mol. The molecule has 0 aromatic rings. The summed E-state index contributed by atoms with van der Waals surface area (Å²) in [6.45, 7) is 0. The number of hydrogen-bond donors (Lipinski definition) is 3. The van der Waals surface area contributed by atoms with Crippen LogP contribution in [0.15, 0.2) is 0 Å². The van der Waals surface area contributed by atoms with Gasteiger partial charge in [-0.05, 0) is 0 Å². The van der Waals surface area contributed by atoms with Gasteiger partial charge in [0.15, 0.2) is 17.4 Å². The first-order valence-corrected chi connectivity index (χ1v) is 2.35. The SMILES string of the molecule is O=P(O)(O)O.[AlH3].[H-].[InH3].[Li+]. The Kier molecular flexibility index (Phi) is 25.6. The van der Waals surface area contributed by atoms with Crippen molar-refractivity contribution < 1.29 is 39.5 Å². The first-order valence-electron chi connectivity index (χ1n) is 0.783. The fourth-order valence-electron chi connectivity index (χ4n) is 0. The molecule has 0 saturated heterocycles. The van der Waals surface area contributed by atoms with Gasteiger partial charge in [-0.2, -0.15) is 0 Å². The minimum Gasteiger partial charge on any atom is 1.00 e. The van der Waals surface area contributed by atoms with Crippen molar-refractivity contribution >= 4 is 51.0 Å². The van der Waals surface area contributed by atoms with Crippen LogP contribution in [0.2, 0.25) is 0 Å². The number of rotatable bonds is 0. The monoisotopic (exact) mass is 254 g/mol. The second-order valence-electron chi connectivity index (χ2n) is 0.513. The third-order valence-corrected chi connectivity index (χ3v) is 0. The summed E-state index contributed by atoms with van der Waals surface area (Å²) in [7, 11) is -4.64. The van der Waals surface area contributed by atoms with E-state index in [0.29, 0.717) is 0 Å². The molecular formula is H10AlInLiO4P. The molecule has 3 N–H and O–H groups in total. The summed E-state index contributed by atoms with van der Waals surface area (Å²) in [5, 5.41) is 0. The molecule has 0 fully saturated rings. The summed E-state index contributed by atoms with van der Waals surface area (Å²) < 4.78 is 8.88. The normalized spacial score (nSPS) is 7.38. The van der Waals surface area contributed by atoms with Crippen LogP contribution >= 0.6 is 7.82 Å². The molecule has 0 aliphatic carbocycles. The van der Waals surface area contributed by atoms with Crippen molar-refractivity contribution in [2.24, 2.45) is 0 Å². The first-order chi connectivity index (χ1) is 2.00. The predicted octanol–water partition coefficient (Wildman–Crippen LogP) is -6.18. The molecule has 0 aliphatic rings. The van der Waals surface area contributed by atoms with Gasteiger partial charge in [0, 0.05) is 0 Å². The van der Waals surface area contributed by atoms with Crippen LogP contribution in [0.25, 0.3) is 0 Å². The van der Waals surface area contributed by atoms with Crippen LogP contribution in [0.1, 0.15) is 1.43 Å². The summed E-state index contributed by atoms with van der Waals surface area (Å²) in [6.07, 6.45) is 0. The molecule has 0 bridgehead atoms. The van der Waals surface area contributed by atoms with Crippen molar-refractivity contribution in [2.75, 3.05) is 0 Å². The van der Waals surface area contributed by atoms with Gasteiger partial charge in [-0.15, -0.1) is 0 Å². The fraction of sp³-hybridized carbons (Fsp3) is 0. The average Bonchev–Trinajstić information content (AvgIpc) is 0.722. The number of phosphoric acid groups is 1. The van der Waals surface area contributed by atoms with Crippen molar-refractivity contribution in [1.82, 2.24) is 0 Å². The molecule has 0 aliphatic heterocycles. The maximum atomic E-state index is 8.88. The van der Waals surface area contributed by atoms with Crippen molar-refractivity contribution in [3.05, 3.63) is 0 Å². The van der Waals surface area contributed by atoms with Crippen molar-refractivity contribution in [1.29, 1.82) is 0 Å². The Labute approximate surface area is 89.9 Å². The molecule has 0 amide bonds. The van der Waals surface area contributed by atoms with E-state index in [4.69, 9.17) is 19.2 Å². The Bertz CT molecular complexity index is 66.7. The summed E-state index contributed by atoms with van der Waals surface area (Å²) >= 11 is 0. The molecule has 0 rings (SSSR count). The van der Waals surface area contributed by atoms with Crippen LogP contribution in [0.4, 0.5) is 0 Å². The minimum atomic E-state index is -4.64. The Morgan fingerprint density at radius 2 is 1.25 bits per heavy atom. The standard InChI is InChI=1S/Al.In.Li.H3O4P.7H/c;;;1-5(2,3)4;;;;;;;/h;;;(H3,1,2,3,4);;;;;;;/q;;+1;;;;;;;;-1. The number of hydrogen-bond acceptors (Lipinski definition) is 1. The van der Waals surface area contributed by atoms with Gasteiger partial charge in [-0.25, -0.2) is 4.57 Å². The van der Waals surface area contributed by atoms with Gasteiger partial charge in [0.25, 0.3) is 0 Å². The molecule has 0 unspecified atom stereocenters. The molecule has 0 aromatic heterocycles. The Morgan fingerprint density at radius 3 is 1.25 bits per heavy atom. The van der Waals surface area contributed by atoms with E-state index >= 15 is 0 Å². The van der Waals surface area contributed by atoms with Gasteiger partial charge < -0.3 is 16.1 Å². The zero-order valence-electron chi connectivity index (χ0n) is 4.20. The van der Waals surface area contributed by atoms with Crippen molar-refractivity contribution in [3.8, 4) is 0 Å². The molecule has 0 radical (unpaired) electrons. The average molecular weight is 254 g/mol. The van der Waals surface area contributed by atoms with Crippen LogP contribution < -0.4 is 18.9 Å². The summed E-state index contributed by atoms with van der Waals surface area (Å²) in [5.41, 5.74) is 0. The quantitative estimate of drug-likeness (QED) is 0.297. The molecule has 0 aromatic carbocycles. The minimum absolute atomic E-state index is 0. The fourth-order valence-corrected chi connectivity index (χ4v) is 0. The van der Waals surface area contributed by atoms with Crippen LogP contribution in [0.3, 0.4) is 0 Å². The van der Waals surface area contributed by atoms with Gasteiger partial charge >= 0.3 is 52.5 Å². The topological polar surface area (TPSA) is 77.8 Å². The van der Waals surface area contributed by atoms with Gasteiger partial charge in [0.1, 0.15) is 0 Å². The molecule has 0 saturated carbocycles. The van der Waals surface area contributed by atoms with E-state index in [1.165, 1.54) is 0 Å². The maximum absolute atomic E-state index is 8.88. The molecule has 0 spiro atoms. The van der Waals surface area contributed by atoms with E-state index in [-0.39, 0.29) is 63.5 Å². The van der Waals surface area contributed by atoms with Crippen molar-refractivity contribution in [2.45, 2.75) is 0 Å². The summed E-state index contributed by atoms with van der Waals surface area (Å²) in [4.78, 5) is 21.6. The van der Waals surface area contributed by atoms with E-state index in [1.54, 1.807) is 0 Å². The van der Waals surface area contributed by atoms with E-state index < -0.39 is 7.82 Å². The second-order valence-corrected chi connectivity index (χ2v) is 1.54. The summed E-state index contributed by atoms with van der Waals surface area (Å²) in [6, 6.07) is 0. The zero-order valence-corrected chi connectivity index (χ0v) is 4.09. The van der Waals surface area contributed by atoms with Crippen LogP contribution in [0, 0.1) is 0 Å². The largest absolute Gasteiger partial charge is 1.00 e. The Morgan fingerprint density at radius 1 is 1.25 bits per heavy atom. The van der Waals surface area contributed by atoms with Gasteiger partial charge in [0.05, 0.1) is 0 Å². The summed E-state index contributed by atoms with van der Waals surface area (Å²) in [5.74, 6) is 0. The second kappa shape index (κ2) is 9.11. The Hall–Kier alpha value is 2.11. The van der Waals surface area contributed by atoms with Crippen LogP contribution in [0.5, 0.6) is 0 Å². The van der Waals surface area contributed by atoms with Crippen LogP contribution in [-0.4, -0.2) is 57.9 Å². The van der Waals surface area contributed by atoms with E-state index in [9.17, 15) is 0 Å². The van der Waals surface area contributed by atoms with Gasteiger partial charge in [0.2, 0.25) is 0 Å². The molecule has 8 heavy (non-hydrogen) atoms. The molecule has 8 heteroatoms. The van der Waals surface area contributed by atoms with E-state index in [1.807, 2.05) is 0 Å². The van der Waals surface area contributed by atoms with E-state index in [0.717, 1.165) is 0 Å². The zero-order chi connectivity index (χ0) is 4.50. The first kappa shape index (κ1) is 22.5. The third-order valence-electron chi connectivity index (χ3n) is 0. The molecular weight excluding hydrogens is 244 g/mol. The molecule has 0 atom stereocenters. The molecule has 46 valence electrons.